The second-order valence-corrected chi connectivity index (χ2v) is 7.27. The van der Waals surface area contributed by atoms with Crippen LogP contribution in [0, 0.1) is 17.3 Å². The summed E-state index contributed by atoms with van der Waals surface area (Å²) < 4.78 is 1.81. The fourth-order valence-corrected chi connectivity index (χ4v) is 3.78. The highest BCUT2D eigenvalue weighted by atomic mass is 16.4. The maximum atomic E-state index is 12.4. The minimum absolute atomic E-state index is 0.0435. The maximum Gasteiger partial charge on any atom is 0.310 e. The Balaban J connectivity index is 1.65. The second kappa shape index (κ2) is 5.65. The number of carboxylic acid groups (broad SMARTS) is 1. The van der Waals surface area contributed by atoms with Crippen molar-refractivity contribution in [2.75, 3.05) is 0 Å². The highest BCUT2D eigenvalue weighted by molar-refractivity contribution is 5.92. The molecule has 2 N–H and O–H groups in total. The summed E-state index contributed by atoms with van der Waals surface area (Å²) >= 11 is 0. The van der Waals surface area contributed by atoms with Gasteiger partial charge >= 0.3 is 5.97 Å². The van der Waals surface area contributed by atoms with E-state index in [0.717, 1.165) is 5.69 Å². The van der Waals surface area contributed by atoms with Gasteiger partial charge in [0.25, 0.3) is 0 Å². The Bertz CT molecular complexity index is 633. The van der Waals surface area contributed by atoms with Crippen LogP contribution in [0.1, 0.15) is 56.7 Å². The van der Waals surface area contributed by atoms with Gasteiger partial charge in [0.2, 0.25) is 5.91 Å². The molecule has 3 rings (SSSR count). The zero-order valence-electron chi connectivity index (χ0n) is 14.0. The largest absolute Gasteiger partial charge is 0.481 e. The summed E-state index contributed by atoms with van der Waals surface area (Å²) in [6.07, 6.45) is 5.96. The van der Waals surface area contributed by atoms with Gasteiger partial charge in [-0.1, -0.05) is 20.3 Å². The van der Waals surface area contributed by atoms with E-state index in [-0.39, 0.29) is 11.8 Å². The number of rotatable bonds is 6. The molecule has 0 aliphatic heterocycles. The van der Waals surface area contributed by atoms with Crippen LogP contribution in [0.25, 0.3) is 0 Å². The first-order chi connectivity index (χ1) is 10.9. The predicted molar refractivity (Wildman–Crippen MR) is 84.7 cm³/mol. The van der Waals surface area contributed by atoms with Gasteiger partial charge in [0, 0.05) is 7.05 Å². The number of hydrogen-bond donors (Lipinski definition) is 2. The van der Waals surface area contributed by atoms with Crippen LogP contribution >= 0.6 is 0 Å². The van der Waals surface area contributed by atoms with E-state index in [0.29, 0.717) is 18.9 Å². The first-order valence-corrected chi connectivity index (χ1v) is 8.39. The molecule has 0 saturated heterocycles. The first-order valence-electron chi connectivity index (χ1n) is 8.39. The van der Waals surface area contributed by atoms with Gasteiger partial charge in [-0.25, -0.2) is 0 Å². The van der Waals surface area contributed by atoms with Crippen LogP contribution < -0.4 is 5.32 Å². The van der Waals surface area contributed by atoms with E-state index in [4.69, 9.17) is 0 Å². The van der Waals surface area contributed by atoms with Crippen LogP contribution in [0.15, 0.2) is 6.20 Å². The molecule has 2 aliphatic rings. The lowest BCUT2D eigenvalue weighted by molar-refractivity contribution is -0.147. The SMILES string of the molecule is CC(C)C1(C(=O)O)CC1C(=O)NCc1c(C2CCC2)cnn1C. The van der Waals surface area contributed by atoms with Gasteiger partial charge in [0.15, 0.2) is 0 Å². The molecular formula is C17H25N3O3. The van der Waals surface area contributed by atoms with E-state index in [9.17, 15) is 14.7 Å². The predicted octanol–water partition coefficient (Wildman–Crippen LogP) is 2.05. The smallest absolute Gasteiger partial charge is 0.310 e. The Morgan fingerprint density at radius 2 is 2.17 bits per heavy atom. The van der Waals surface area contributed by atoms with Crippen molar-refractivity contribution in [3.8, 4) is 0 Å². The molecule has 2 atom stereocenters. The molecule has 126 valence electrons. The van der Waals surface area contributed by atoms with E-state index in [1.807, 2.05) is 31.8 Å². The molecule has 0 spiro atoms. The van der Waals surface area contributed by atoms with Crippen molar-refractivity contribution in [1.82, 2.24) is 15.1 Å². The fourth-order valence-electron chi connectivity index (χ4n) is 3.78. The van der Waals surface area contributed by atoms with Gasteiger partial charge in [-0.2, -0.15) is 5.10 Å². The van der Waals surface area contributed by atoms with Gasteiger partial charge in [0.05, 0.1) is 29.8 Å². The maximum absolute atomic E-state index is 12.4. The summed E-state index contributed by atoms with van der Waals surface area (Å²) in [4.78, 5) is 23.9. The molecule has 0 bridgehead atoms. The molecular weight excluding hydrogens is 294 g/mol. The number of nitrogens with zero attached hydrogens (tertiary/aromatic N) is 2. The molecule has 2 fully saturated rings. The average molecular weight is 319 g/mol. The van der Waals surface area contributed by atoms with Crippen molar-refractivity contribution in [3.05, 3.63) is 17.5 Å². The molecule has 0 radical (unpaired) electrons. The summed E-state index contributed by atoms with van der Waals surface area (Å²) in [6, 6.07) is 0. The molecule has 6 heteroatoms. The fraction of sp³-hybridized carbons (Fsp3) is 0.706. The van der Waals surface area contributed by atoms with Gasteiger partial charge in [0.1, 0.15) is 0 Å². The summed E-state index contributed by atoms with van der Waals surface area (Å²) in [7, 11) is 1.89. The summed E-state index contributed by atoms with van der Waals surface area (Å²) in [5, 5.41) is 16.7. The van der Waals surface area contributed by atoms with Crippen molar-refractivity contribution < 1.29 is 14.7 Å². The number of aromatic nitrogens is 2. The van der Waals surface area contributed by atoms with Gasteiger partial charge in [-0.15, -0.1) is 0 Å². The minimum atomic E-state index is -0.882. The molecule has 1 aromatic rings. The van der Waals surface area contributed by atoms with Crippen LogP contribution in [-0.2, 0) is 23.2 Å². The zero-order chi connectivity index (χ0) is 16.8. The van der Waals surface area contributed by atoms with E-state index in [1.54, 1.807) is 0 Å². The van der Waals surface area contributed by atoms with E-state index >= 15 is 0 Å². The number of carbonyl (C=O) groups is 2. The first kappa shape index (κ1) is 16.0. The second-order valence-electron chi connectivity index (χ2n) is 7.27. The standard InChI is InChI=1S/C17H25N3O3/c1-10(2)17(16(22)23)7-13(17)15(21)18-9-14-12(8-19-20(14)3)11-5-4-6-11/h8,10-11,13H,4-7,9H2,1-3H3,(H,18,21)(H,22,23). The number of carbonyl (C=O) groups excluding carboxylic acids is 1. The minimum Gasteiger partial charge on any atom is -0.481 e. The number of aryl methyl sites for hydroxylation is 1. The van der Waals surface area contributed by atoms with Crippen molar-refractivity contribution >= 4 is 11.9 Å². The Morgan fingerprint density at radius 1 is 1.48 bits per heavy atom. The van der Waals surface area contributed by atoms with Crippen molar-refractivity contribution in [1.29, 1.82) is 0 Å². The molecule has 1 heterocycles. The highest BCUT2D eigenvalue weighted by Crippen LogP contribution is 2.58. The lowest BCUT2D eigenvalue weighted by Crippen LogP contribution is -2.33. The zero-order valence-corrected chi connectivity index (χ0v) is 14.0. The quantitative estimate of drug-likeness (QED) is 0.840. The molecule has 2 unspecified atom stereocenters. The van der Waals surface area contributed by atoms with Gasteiger partial charge in [-0.05, 0) is 36.7 Å². The van der Waals surface area contributed by atoms with E-state index < -0.39 is 17.3 Å². The molecule has 23 heavy (non-hydrogen) atoms. The topological polar surface area (TPSA) is 84.2 Å². The van der Waals surface area contributed by atoms with Gasteiger partial charge in [-0.3, -0.25) is 14.3 Å². The number of carboxylic acids is 1. The number of nitrogens with one attached hydrogen (secondary N) is 1. The van der Waals surface area contributed by atoms with Crippen molar-refractivity contribution in [3.63, 3.8) is 0 Å². The number of amides is 1. The third-order valence-corrected chi connectivity index (χ3v) is 5.82. The van der Waals surface area contributed by atoms with E-state index in [1.165, 1.54) is 24.8 Å². The lowest BCUT2D eigenvalue weighted by atomic mass is 9.80. The normalized spacial score (nSPS) is 26.9. The molecule has 2 saturated carbocycles. The van der Waals surface area contributed by atoms with Crippen LogP contribution in [0.2, 0.25) is 0 Å². The number of aliphatic carboxylic acids is 1. The Morgan fingerprint density at radius 3 is 2.65 bits per heavy atom. The van der Waals surface area contributed by atoms with Crippen molar-refractivity contribution in [2.45, 2.75) is 52.0 Å². The van der Waals surface area contributed by atoms with Gasteiger partial charge < -0.3 is 10.4 Å². The van der Waals surface area contributed by atoms with Crippen LogP contribution in [0.3, 0.4) is 0 Å². The molecule has 1 aromatic heterocycles. The third-order valence-electron chi connectivity index (χ3n) is 5.82. The Kier molecular flexibility index (Phi) is 3.94. The Labute approximate surface area is 136 Å². The van der Waals surface area contributed by atoms with Crippen LogP contribution in [-0.4, -0.2) is 26.8 Å². The molecule has 1 amide bonds. The van der Waals surface area contributed by atoms with Crippen LogP contribution in [0.4, 0.5) is 0 Å². The summed E-state index contributed by atoms with van der Waals surface area (Å²) in [6.45, 7) is 4.17. The monoisotopic (exact) mass is 319 g/mol. The summed E-state index contributed by atoms with van der Waals surface area (Å²) in [5.41, 5.74) is 1.38. The third kappa shape index (κ3) is 2.54. The Hall–Kier alpha value is -1.85. The molecule has 0 aromatic carbocycles. The highest BCUT2D eigenvalue weighted by Gasteiger charge is 2.65. The summed E-state index contributed by atoms with van der Waals surface area (Å²) in [5.74, 6) is -0.908. The van der Waals surface area contributed by atoms with Crippen molar-refractivity contribution in [2.24, 2.45) is 24.3 Å². The average Bonchev–Trinajstić information content (AvgIpc) is 3.11. The lowest BCUT2D eigenvalue weighted by Gasteiger charge is -2.25. The molecule has 2 aliphatic carbocycles. The van der Waals surface area contributed by atoms with E-state index in [2.05, 4.69) is 10.4 Å². The molecule has 6 nitrogen and oxygen atoms in total. The van der Waals surface area contributed by atoms with Crippen LogP contribution in [0.5, 0.6) is 0 Å². The number of hydrogen-bond acceptors (Lipinski definition) is 3.